The van der Waals surface area contributed by atoms with Crippen molar-refractivity contribution in [1.82, 2.24) is 0 Å². The molecule has 1 aliphatic carbocycles. The zero-order valence-electron chi connectivity index (χ0n) is 9.95. The molecule has 1 aromatic carbocycles. The smallest absolute Gasteiger partial charge is 0.139 e. The van der Waals surface area contributed by atoms with Crippen LogP contribution in [0, 0.1) is 5.92 Å². The maximum atomic E-state index is 11.9. The SMILES string of the molecule is C[C@@](O)(c1ccc(Br)cc1)[C@@H]1CCCCC1=O. The molecule has 2 rings (SSSR count). The molecule has 1 aromatic rings. The van der Waals surface area contributed by atoms with Crippen LogP contribution in [0.1, 0.15) is 38.2 Å². The summed E-state index contributed by atoms with van der Waals surface area (Å²) in [6.45, 7) is 1.75. The summed E-state index contributed by atoms with van der Waals surface area (Å²) in [5, 5.41) is 10.6. The monoisotopic (exact) mass is 296 g/mol. The summed E-state index contributed by atoms with van der Waals surface area (Å²) in [4.78, 5) is 11.9. The average molecular weight is 297 g/mol. The molecular weight excluding hydrogens is 280 g/mol. The molecule has 2 nitrogen and oxygen atoms in total. The average Bonchev–Trinajstić information content (AvgIpc) is 2.30. The Bertz CT molecular complexity index is 409. The topological polar surface area (TPSA) is 37.3 Å². The number of ketones is 1. The van der Waals surface area contributed by atoms with Crippen LogP contribution in [0.3, 0.4) is 0 Å². The summed E-state index contributed by atoms with van der Waals surface area (Å²) in [6, 6.07) is 7.56. The summed E-state index contributed by atoms with van der Waals surface area (Å²) in [5.74, 6) is -0.0541. The zero-order chi connectivity index (χ0) is 12.5. The molecule has 1 saturated carbocycles. The van der Waals surface area contributed by atoms with Gasteiger partial charge in [0.2, 0.25) is 0 Å². The molecule has 1 aliphatic rings. The van der Waals surface area contributed by atoms with Crippen LogP contribution in [-0.4, -0.2) is 10.9 Å². The molecule has 17 heavy (non-hydrogen) atoms. The van der Waals surface area contributed by atoms with Crippen molar-refractivity contribution in [2.45, 2.75) is 38.2 Å². The van der Waals surface area contributed by atoms with Crippen molar-refractivity contribution < 1.29 is 9.90 Å². The number of rotatable bonds is 2. The van der Waals surface area contributed by atoms with Gasteiger partial charge in [-0.3, -0.25) is 4.79 Å². The molecule has 92 valence electrons. The lowest BCUT2D eigenvalue weighted by Gasteiger charge is -2.34. The third-order valence-corrected chi connectivity index (χ3v) is 4.19. The Morgan fingerprint density at radius 3 is 2.53 bits per heavy atom. The highest BCUT2D eigenvalue weighted by atomic mass is 79.9. The first-order chi connectivity index (χ1) is 8.01. The van der Waals surface area contributed by atoms with E-state index in [0.29, 0.717) is 6.42 Å². The molecule has 1 fully saturated rings. The van der Waals surface area contributed by atoms with Gasteiger partial charge in [-0.15, -0.1) is 0 Å². The van der Waals surface area contributed by atoms with E-state index in [1.165, 1.54) is 0 Å². The molecule has 3 heteroatoms. The van der Waals surface area contributed by atoms with Crippen LogP contribution in [0.4, 0.5) is 0 Å². The van der Waals surface area contributed by atoms with Gasteiger partial charge in [0.1, 0.15) is 5.78 Å². The van der Waals surface area contributed by atoms with E-state index in [0.717, 1.165) is 29.3 Å². The number of carbonyl (C=O) groups is 1. The maximum absolute atomic E-state index is 11.9. The van der Waals surface area contributed by atoms with Crippen LogP contribution in [-0.2, 0) is 10.4 Å². The molecule has 1 N–H and O–H groups in total. The minimum atomic E-state index is -1.04. The summed E-state index contributed by atoms with van der Waals surface area (Å²) >= 11 is 3.37. The second kappa shape index (κ2) is 4.91. The number of aliphatic hydroxyl groups is 1. The van der Waals surface area contributed by atoms with Gasteiger partial charge < -0.3 is 5.11 Å². The third-order valence-electron chi connectivity index (χ3n) is 3.66. The molecular formula is C14H17BrO2. The molecule has 0 saturated heterocycles. The van der Waals surface area contributed by atoms with E-state index in [9.17, 15) is 9.90 Å². The first kappa shape index (κ1) is 12.8. The van der Waals surface area contributed by atoms with E-state index >= 15 is 0 Å². The van der Waals surface area contributed by atoms with Crippen LogP contribution in [0.25, 0.3) is 0 Å². The van der Waals surface area contributed by atoms with E-state index in [2.05, 4.69) is 15.9 Å². The minimum absolute atomic E-state index is 0.198. The predicted octanol–water partition coefficient (Wildman–Crippen LogP) is 3.42. The zero-order valence-corrected chi connectivity index (χ0v) is 11.5. The van der Waals surface area contributed by atoms with Gasteiger partial charge in [0.05, 0.1) is 11.5 Å². The van der Waals surface area contributed by atoms with Gasteiger partial charge in [0.25, 0.3) is 0 Å². The first-order valence-electron chi connectivity index (χ1n) is 6.03. The van der Waals surface area contributed by atoms with Gasteiger partial charge in [-0.25, -0.2) is 0 Å². The van der Waals surface area contributed by atoms with E-state index in [1.807, 2.05) is 24.3 Å². The highest BCUT2D eigenvalue weighted by Crippen LogP contribution is 2.37. The van der Waals surface area contributed by atoms with Crippen molar-refractivity contribution in [1.29, 1.82) is 0 Å². The molecule has 0 aromatic heterocycles. The van der Waals surface area contributed by atoms with Crippen LogP contribution in [0.15, 0.2) is 28.7 Å². The quantitative estimate of drug-likeness (QED) is 0.908. The maximum Gasteiger partial charge on any atom is 0.139 e. The number of carbonyl (C=O) groups excluding carboxylic acids is 1. The Balaban J connectivity index is 2.28. The highest BCUT2D eigenvalue weighted by molar-refractivity contribution is 9.10. The fourth-order valence-electron chi connectivity index (χ4n) is 2.57. The number of hydrogen-bond donors (Lipinski definition) is 1. The number of benzene rings is 1. The molecule has 0 amide bonds. The number of hydrogen-bond acceptors (Lipinski definition) is 2. The second-order valence-corrected chi connectivity index (χ2v) is 5.83. The van der Waals surface area contributed by atoms with E-state index < -0.39 is 5.60 Å². The largest absolute Gasteiger partial charge is 0.385 e. The minimum Gasteiger partial charge on any atom is -0.385 e. The van der Waals surface area contributed by atoms with Crippen LogP contribution < -0.4 is 0 Å². The molecule has 0 aliphatic heterocycles. The summed E-state index contributed by atoms with van der Waals surface area (Å²) < 4.78 is 0.979. The van der Waals surface area contributed by atoms with Gasteiger partial charge in [0.15, 0.2) is 0 Å². The lowest BCUT2D eigenvalue weighted by molar-refractivity contribution is -0.134. The fourth-order valence-corrected chi connectivity index (χ4v) is 2.83. The van der Waals surface area contributed by atoms with Crippen molar-refractivity contribution >= 4 is 21.7 Å². The summed E-state index contributed by atoms with van der Waals surface area (Å²) in [6.07, 6.45) is 3.40. The number of Topliss-reactive ketones (excluding diaryl/α,β-unsaturated/α-hetero) is 1. The van der Waals surface area contributed by atoms with Crippen molar-refractivity contribution in [2.75, 3.05) is 0 Å². The lowest BCUT2D eigenvalue weighted by Crippen LogP contribution is -2.38. The van der Waals surface area contributed by atoms with Crippen molar-refractivity contribution in [3.05, 3.63) is 34.3 Å². The normalized spacial score (nSPS) is 24.4. The van der Waals surface area contributed by atoms with Crippen molar-refractivity contribution in [3.63, 3.8) is 0 Å². The molecule has 2 atom stereocenters. The van der Waals surface area contributed by atoms with Crippen molar-refractivity contribution in [3.8, 4) is 0 Å². The Hall–Kier alpha value is -0.670. The Morgan fingerprint density at radius 2 is 1.94 bits per heavy atom. The lowest BCUT2D eigenvalue weighted by atomic mass is 9.74. The van der Waals surface area contributed by atoms with Gasteiger partial charge in [-0.1, -0.05) is 34.5 Å². The van der Waals surface area contributed by atoms with E-state index in [-0.39, 0.29) is 11.7 Å². The van der Waals surface area contributed by atoms with Gasteiger partial charge >= 0.3 is 0 Å². The molecule has 0 unspecified atom stereocenters. The molecule has 0 radical (unpaired) electrons. The van der Waals surface area contributed by atoms with Gasteiger partial charge in [-0.05, 0) is 37.5 Å². The van der Waals surface area contributed by atoms with Gasteiger partial charge in [-0.2, -0.15) is 0 Å². The standard InChI is InChI=1S/C14H17BrO2/c1-14(17,10-6-8-11(15)9-7-10)12-4-2-3-5-13(12)16/h6-9,12,17H,2-5H2,1H3/t12-,14-/m1/s1. The first-order valence-corrected chi connectivity index (χ1v) is 6.82. The van der Waals surface area contributed by atoms with Crippen LogP contribution >= 0.6 is 15.9 Å². The number of halogens is 1. The predicted molar refractivity (Wildman–Crippen MR) is 70.7 cm³/mol. The van der Waals surface area contributed by atoms with Crippen LogP contribution in [0.5, 0.6) is 0 Å². The van der Waals surface area contributed by atoms with E-state index in [1.54, 1.807) is 6.92 Å². The Labute approximate surface area is 110 Å². The van der Waals surface area contributed by atoms with E-state index in [4.69, 9.17) is 0 Å². The molecule has 0 bridgehead atoms. The molecule has 0 spiro atoms. The fraction of sp³-hybridized carbons (Fsp3) is 0.500. The molecule has 0 heterocycles. The van der Waals surface area contributed by atoms with Crippen molar-refractivity contribution in [2.24, 2.45) is 5.92 Å². The second-order valence-electron chi connectivity index (χ2n) is 4.92. The Kier molecular flexibility index (Phi) is 3.69. The Morgan fingerprint density at radius 1 is 1.29 bits per heavy atom. The summed E-state index contributed by atoms with van der Waals surface area (Å²) in [5.41, 5.74) is -0.223. The highest BCUT2D eigenvalue weighted by Gasteiger charge is 2.39. The summed E-state index contributed by atoms with van der Waals surface area (Å²) in [7, 11) is 0. The van der Waals surface area contributed by atoms with Crippen LogP contribution in [0.2, 0.25) is 0 Å². The van der Waals surface area contributed by atoms with Gasteiger partial charge in [0, 0.05) is 10.9 Å². The third kappa shape index (κ3) is 2.61.